The van der Waals surface area contributed by atoms with Crippen LogP contribution in [0.3, 0.4) is 0 Å². The number of methoxy groups -OCH3 is 1. The van der Waals surface area contributed by atoms with Gasteiger partial charge in [-0.25, -0.2) is 4.79 Å². The molecule has 0 spiro atoms. The van der Waals surface area contributed by atoms with Gasteiger partial charge in [0.25, 0.3) is 0 Å². The highest BCUT2D eigenvalue weighted by Crippen LogP contribution is 2.34. The molecule has 5 nitrogen and oxygen atoms in total. The number of anilines is 1. The van der Waals surface area contributed by atoms with Crippen LogP contribution in [0.25, 0.3) is 0 Å². The van der Waals surface area contributed by atoms with Crippen LogP contribution in [0.1, 0.15) is 19.3 Å². The quantitative estimate of drug-likeness (QED) is 0.874. The molecule has 0 aliphatic carbocycles. The largest absolute Gasteiger partial charge is 0.497 e. The molecule has 0 saturated carbocycles. The Morgan fingerprint density at radius 1 is 1.23 bits per heavy atom. The predicted molar refractivity (Wildman–Crippen MR) is 88.3 cm³/mol. The molecule has 0 bridgehead atoms. The summed E-state index contributed by atoms with van der Waals surface area (Å²) in [5, 5.41) is 3.17. The van der Waals surface area contributed by atoms with Crippen molar-refractivity contribution in [3.05, 3.63) is 22.2 Å². The number of carbonyl (C=O) groups excluding carboxylic acids is 1. The first-order valence-corrected chi connectivity index (χ1v) is 8.05. The van der Waals surface area contributed by atoms with Crippen molar-refractivity contribution in [3.8, 4) is 5.75 Å². The molecule has 0 unspecified atom stereocenters. The Kier molecular flexibility index (Phi) is 6.61. The second-order valence-corrected chi connectivity index (χ2v) is 5.94. The van der Waals surface area contributed by atoms with Crippen LogP contribution >= 0.6 is 23.2 Å². The minimum Gasteiger partial charge on any atom is -0.497 e. The fraction of sp³-hybridized carbons (Fsp3) is 0.533. The van der Waals surface area contributed by atoms with Crippen LogP contribution in [0.2, 0.25) is 10.0 Å². The van der Waals surface area contributed by atoms with Crippen molar-refractivity contribution in [3.63, 3.8) is 0 Å². The summed E-state index contributed by atoms with van der Waals surface area (Å²) in [5.41, 5.74) is 0.326. The lowest BCUT2D eigenvalue weighted by atomic mass is 10.1. The topological polar surface area (TPSA) is 50.8 Å². The summed E-state index contributed by atoms with van der Waals surface area (Å²) in [7, 11) is 1.52. The molecule has 0 radical (unpaired) electrons. The molecule has 1 aliphatic heterocycles. The normalized spacial score (nSPS) is 15.4. The van der Waals surface area contributed by atoms with Crippen molar-refractivity contribution in [2.75, 3.05) is 38.7 Å². The third-order valence-electron chi connectivity index (χ3n) is 3.57. The highest BCUT2D eigenvalue weighted by molar-refractivity contribution is 6.39. The lowest BCUT2D eigenvalue weighted by Gasteiger charge is -2.25. The summed E-state index contributed by atoms with van der Waals surface area (Å²) < 4.78 is 10.2. The molecule has 22 heavy (non-hydrogen) atoms. The highest BCUT2D eigenvalue weighted by atomic mass is 35.5. The predicted octanol–water partition coefficient (Wildman–Crippen LogP) is 4.04. The zero-order chi connectivity index (χ0) is 15.9. The third kappa shape index (κ3) is 4.93. The maximum absolute atomic E-state index is 11.8. The van der Waals surface area contributed by atoms with E-state index in [4.69, 9.17) is 32.7 Å². The van der Waals surface area contributed by atoms with Crippen molar-refractivity contribution in [2.45, 2.75) is 19.3 Å². The van der Waals surface area contributed by atoms with Gasteiger partial charge in [-0.3, -0.25) is 10.2 Å². The van der Waals surface area contributed by atoms with Gasteiger partial charge in [0.1, 0.15) is 12.4 Å². The van der Waals surface area contributed by atoms with Gasteiger partial charge in [-0.05, 0) is 25.9 Å². The van der Waals surface area contributed by atoms with E-state index < -0.39 is 6.09 Å². The van der Waals surface area contributed by atoms with Crippen LogP contribution in [0.15, 0.2) is 12.1 Å². The van der Waals surface area contributed by atoms with Gasteiger partial charge in [-0.15, -0.1) is 0 Å². The molecule has 7 heteroatoms. The van der Waals surface area contributed by atoms with E-state index in [0.717, 1.165) is 19.6 Å². The van der Waals surface area contributed by atoms with E-state index in [1.165, 1.54) is 26.4 Å². The molecule has 1 saturated heterocycles. The van der Waals surface area contributed by atoms with Gasteiger partial charge in [-0.1, -0.05) is 29.6 Å². The van der Waals surface area contributed by atoms with Crippen LogP contribution in [0.4, 0.5) is 10.5 Å². The number of benzene rings is 1. The van der Waals surface area contributed by atoms with E-state index in [0.29, 0.717) is 28.1 Å². The number of ether oxygens (including phenoxy) is 2. The van der Waals surface area contributed by atoms with Gasteiger partial charge in [0.15, 0.2) is 0 Å². The Bertz CT molecular complexity index is 497. The maximum Gasteiger partial charge on any atom is 0.411 e. The molecule has 0 aromatic heterocycles. The zero-order valence-electron chi connectivity index (χ0n) is 12.5. The van der Waals surface area contributed by atoms with E-state index in [1.54, 1.807) is 12.1 Å². The molecule has 122 valence electrons. The standard InChI is InChI=1S/C15H20Cl2N2O3/c1-21-11-9-12(16)14(13(17)10-11)18-15(20)22-8-7-19-5-3-2-4-6-19/h9-10H,2-8H2,1H3,(H,18,20). The van der Waals surface area contributed by atoms with Gasteiger partial charge in [0.05, 0.1) is 22.8 Å². The maximum atomic E-state index is 11.8. The Labute approximate surface area is 140 Å². The molecule has 1 aromatic rings. The molecule has 0 atom stereocenters. The van der Waals surface area contributed by atoms with Crippen LogP contribution < -0.4 is 10.1 Å². The Balaban J connectivity index is 1.81. The number of likely N-dealkylation sites (tertiary alicyclic amines) is 1. The first kappa shape index (κ1) is 17.2. The average molecular weight is 347 g/mol. The summed E-state index contributed by atoms with van der Waals surface area (Å²) in [6.45, 7) is 3.23. The smallest absolute Gasteiger partial charge is 0.411 e. The summed E-state index contributed by atoms with van der Waals surface area (Å²) in [6, 6.07) is 3.16. The number of piperidine rings is 1. The summed E-state index contributed by atoms with van der Waals surface area (Å²) >= 11 is 12.1. The van der Waals surface area contributed by atoms with Crippen LogP contribution in [-0.2, 0) is 4.74 Å². The SMILES string of the molecule is COc1cc(Cl)c(NC(=O)OCCN2CCCCC2)c(Cl)c1. The Hall–Kier alpha value is -1.17. The number of halogens is 2. The summed E-state index contributed by atoms with van der Waals surface area (Å²) in [4.78, 5) is 14.1. The molecular formula is C15H20Cl2N2O3. The number of hydrogen-bond donors (Lipinski definition) is 1. The molecule has 1 heterocycles. The number of amides is 1. The van der Waals surface area contributed by atoms with Crippen molar-refractivity contribution in [1.82, 2.24) is 4.90 Å². The number of hydrogen-bond acceptors (Lipinski definition) is 4. The molecule has 2 rings (SSSR count). The van der Waals surface area contributed by atoms with E-state index >= 15 is 0 Å². The van der Waals surface area contributed by atoms with Crippen molar-refractivity contribution in [2.24, 2.45) is 0 Å². The number of carbonyl (C=O) groups is 1. The Morgan fingerprint density at radius 2 is 1.86 bits per heavy atom. The average Bonchev–Trinajstić information content (AvgIpc) is 2.51. The second kappa shape index (κ2) is 8.46. The van der Waals surface area contributed by atoms with Gasteiger partial charge in [0, 0.05) is 18.7 Å². The number of nitrogens with one attached hydrogen (secondary N) is 1. The molecule has 1 fully saturated rings. The van der Waals surface area contributed by atoms with Gasteiger partial charge >= 0.3 is 6.09 Å². The van der Waals surface area contributed by atoms with Crippen molar-refractivity contribution in [1.29, 1.82) is 0 Å². The second-order valence-electron chi connectivity index (χ2n) is 5.13. The minimum atomic E-state index is -0.564. The molecule has 1 N–H and O–H groups in total. The highest BCUT2D eigenvalue weighted by Gasteiger charge is 2.14. The van der Waals surface area contributed by atoms with Gasteiger partial charge in [-0.2, -0.15) is 0 Å². The van der Waals surface area contributed by atoms with Crippen LogP contribution in [0.5, 0.6) is 5.75 Å². The lowest BCUT2D eigenvalue weighted by Crippen LogP contribution is -2.33. The van der Waals surface area contributed by atoms with Crippen molar-refractivity contribution >= 4 is 35.0 Å². The summed E-state index contributed by atoms with van der Waals surface area (Å²) in [6.07, 6.45) is 3.14. The van der Waals surface area contributed by atoms with Gasteiger partial charge < -0.3 is 9.47 Å². The third-order valence-corrected chi connectivity index (χ3v) is 4.16. The molecular weight excluding hydrogens is 327 g/mol. The molecule has 1 aliphatic rings. The van der Waals surface area contributed by atoms with Crippen molar-refractivity contribution < 1.29 is 14.3 Å². The first-order valence-electron chi connectivity index (χ1n) is 7.29. The number of nitrogens with zero attached hydrogens (tertiary/aromatic N) is 1. The van der Waals surface area contributed by atoms with Crippen LogP contribution in [0, 0.1) is 0 Å². The Morgan fingerprint density at radius 3 is 2.45 bits per heavy atom. The first-order chi connectivity index (χ1) is 10.6. The van der Waals surface area contributed by atoms with E-state index in [9.17, 15) is 4.79 Å². The van der Waals surface area contributed by atoms with E-state index in [2.05, 4.69) is 10.2 Å². The zero-order valence-corrected chi connectivity index (χ0v) is 14.0. The lowest BCUT2D eigenvalue weighted by molar-refractivity contribution is 0.131. The fourth-order valence-electron chi connectivity index (χ4n) is 2.38. The summed E-state index contributed by atoms with van der Waals surface area (Å²) in [5.74, 6) is 0.527. The van der Waals surface area contributed by atoms with E-state index in [-0.39, 0.29) is 0 Å². The minimum absolute atomic E-state index is 0.303. The molecule has 1 aromatic carbocycles. The fourth-order valence-corrected chi connectivity index (χ4v) is 2.94. The van der Waals surface area contributed by atoms with Crippen LogP contribution in [-0.4, -0.2) is 44.3 Å². The van der Waals surface area contributed by atoms with E-state index in [1.807, 2.05) is 0 Å². The monoisotopic (exact) mass is 346 g/mol. The number of rotatable bonds is 5. The van der Waals surface area contributed by atoms with Gasteiger partial charge in [0.2, 0.25) is 0 Å². The molecule has 1 amide bonds.